The zero-order valence-electron chi connectivity index (χ0n) is 22.3. The summed E-state index contributed by atoms with van der Waals surface area (Å²) in [4.78, 5) is 20.1. The summed E-state index contributed by atoms with van der Waals surface area (Å²) in [5.41, 5.74) is 5.85. The monoisotopic (exact) mass is 477 g/mol. The number of amides is 1. The average molecular weight is 478 g/mol. The van der Waals surface area contributed by atoms with Crippen LogP contribution in [0.2, 0.25) is 0 Å². The Hall–Kier alpha value is -2.95. The summed E-state index contributed by atoms with van der Waals surface area (Å²) < 4.78 is 13.2. The number of rotatable bonds is 9. The minimum Gasteiger partial charge on any atom is -0.363 e. The molecule has 1 saturated carbocycles. The van der Waals surface area contributed by atoms with Crippen LogP contribution in [0.1, 0.15) is 85.3 Å². The van der Waals surface area contributed by atoms with Crippen LogP contribution in [0.25, 0.3) is 5.57 Å². The molecule has 3 rings (SSSR count). The van der Waals surface area contributed by atoms with Gasteiger partial charge in [0.2, 0.25) is 5.91 Å². The van der Waals surface area contributed by atoms with E-state index in [9.17, 15) is 9.18 Å². The first-order chi connectivity index (χ1) is 16.5. The molecule has 1 heterocycles. The molecular formula is C30H40FN3O. The van der Waals surface area contributed by atoms with Crippen LogP contribution in [0, 0.1) is 5.92 Å². The first-order valence-electron chi connectivity index (χ1n) is 12.7. The molecule has 0 unspecified atom stereocenters. The average Bonchev–Trinajstić information content (AvgIpc) is 2.99. The lowest BCUT2D eigenvalue weighted by Crippen LogP contribution is -2.49. The number of hydrogen-bond donors (Lipinski definition) is 1. The Kier molecular flexibility index (Phi) is 8.19. The van der Waals surface area contributed by atoms with Crippen molar-refractivity contribution in [3.05, 3.63) is 71.0 Å². The summed E-state index contributed by atoms with van der Waals surface area (Å²) in [6, 6.07) is 6.52. The van der Waals surface area contributed by atoms with Crippen LogP contribution in [0.4, 0.5) is 10.1 Å². The normalized spacial score (nSPS) is 22.7. The molecule has 0 spiro atoms. The molecule has 1 fully saturated rings. The van der Waals surface area contributed by atoms with Gasteiger partial charge in [0.05, 0.1) is 11.1 Å². The van der Waals surface area contributed by atoms with Crippen molar-refractivity contribution in [2.24, 2.45) is 10.9 Å². The Labute approximate surface area is 210 Å². The second-order valence-corrected chi connectivity index (χ2v) is 10.3. The lowest BCUT2D eigenvalue weighted by atomic mass is 9.77. The summed E-state index contributed by atoms with van der Waals surface area (Å²) >= 11 is 0. The van der Waals surface area contributed by atoms with Crippen molar-refractivity contribution in [2.45, 2.75) is 85.6 Å². The molecule has 0 atom stereocenters. The van der Waals surface area contributed by atoms with Crippen molar-refractivity contribution in [1.29, 1.82) is 0 Å². The summed E-state index contributed by atoms with van der Waals surface area (Å²) in [6.07, 6.45) is 9.27. The number of halogens is 1. The van der Waals surface area contributed by atoms with Gasteiger partial charge in [0.15, 0.2) is 0 Å². The van der Waals surface area contributed by atoms with E-state index in [0.717, 1.165) is 58.6 Å². The Bertz CT molecular complexity index is 1110. The highest BCUT2D eigenvalue weighted by Gasteiger charge is 2.48. The van der Waals surface area contributed by atoms with Crippen LogP contribution < -0.4 is 10.2 Å². The van der Waals surface area contributed by atoms with Gasteiger partial charge >= 0.3 is 0 Å². The zero-order chi connectivity index (χ0) is 25.9. The quantitative estimate of drug-likeness (QED) is 0.294. The van der Waals surface area contributed by atoms with Gasteiger partial charge in [0, 0.05) is 29.8 Å². The molecule has 1 aromatic rings. The van der Waals surface area contributed by atoms with Crippen molar-refractivity contribution in [3.63, 3.8) is 0 Å². The molecule has 35 heavy (non-hydrogen) atoms. The second kappa shape index (κ2) is 10.8. The molecule has 0 aromatic heterocycles. The number of nitrogens with zero attached hydrogens (tertiary/aromatic N) is 2. The highest BCUT2D eigenvalue weighted by molar-refractivity contribution is 6.08. The second-order valence-electron chi connectivity index (χ2n) is 10.3. The zero-order valence-corrected chi connectivity index (χ0v) is 22.3. The highest BCUT2D eigenvalue weighted by Crippen LogP contribution is 2.48. The molecular weight excluding hydrogens is 437 g/mol. The van der Waals surface area contributed by atoms with E-state index in [1.165, 1.54) is 19.5 Å². The highest BCUT2D eigenvalue weighted by atomic mass is 19.1. The first-order valence-corrected chi connectivity index (χ1v) is 12.7. The van der Waals surface area contributed by atoms with E-state index in [2.05, 4.69) is 35.9 Å². The summed E-state index contributed by atoms with van der Waals surface area (Å²) in [7, 11) is 0. The molecule has 2 aliphatic rings. The summed E-state index contributed by atoms with van der Waals surface area (Å²) in [5, 5.41) is 2.99. The fourth-order valence-electron chi connectivity index (χ4n) is 4.78. The van der Waals surface area contributed by atoms with Gasteiger partial charge in [-0.1, -0.05) is 39.0 Å². The Morgan fingerprint density at radius 3 is 2.54 bits per heavy atom. The number of allylic oxidation sites excluding steroid dienone is 5. The summed E-state index contributed by atoms with van der Waals surface area (Å²) in [5.74, 6) is 0.610. The summed E-state index contributed by atoms with van der Waals surface area (Å²) in [6.45, 7) is 17.9. The standard InChI is InChI=1S/C30H40FN3O/c1-9-13-32-27(21(5)22(6)33-18-20(4)31)14-19(3)24-11-12-26-28(17-24)34(29(35)30(26,7)8)25-15-23(10-2)16-25/h11-14,17-18,23,25,33H,3,9-10,15-16H2,1-2,4-8H3/b20-18-,22-21+,27-14+,32-13?. The van der Waals surface area contributed by atoms with Gasteiger partial charge in [-0.05, 0) is 94.2 Å². The fourth-order valence-corrected chi connectivity index (χ4v) is 4.78. The van der Waals surface area contributed by atoms with E-state index < -0.39 is 5.41 Å². The van der Waals surface area contributed by atoms with Crippen molar-refractivity contribution >= 4 is 23.4 Å². The van der Waals surface area contributed by atoms with Crippen LogP contribution in [0.15, 0.2) is 64.8 Å². The molecule has 0 bridgehead atoms. The maximum atomic E-state index is 13.4. The number of nitrogens with one attached hydrogen (secondary N) is 1. The molecule has 5 heteroatoms. The SMILES string of the molecule is C=C(/C=C(N=CCC)\C(C)=C(/C)N/C=C(/C)F)c1ccc2c(c1)N(C1CC(CC)C1)C(=O)C2(C)C. The van der Waals surface area contributed by atoms with Gasteiger partial charge in [-0.3, -0.25) is 9.79 Å². The number of carbonyl (C=O) groups is 1. The predicted molar refractivity (Wildman–Crippen MR) is 146 cm³/mol. The lowest BCUT2D eigenvalue weighted by Gasteiger charge is -2.41. The van der Waals surface area contributed by atoms with Crippen molar-refractivity contribution in [2.75, 3.05) is 4.90 Å². The minimum atomic E-state index is -0.525. The molecule has 1 aromatic carbocycles. The van der Waals surface area contributed by atoms with E-state index in [1.807, 2.05) is 57.9 Å². The predicted octanol–water partition coefficient (Wildman–Crippen LogP) is 7.59. The van der Waals surface area contributed by atoms with Gasteiger partial charge < -0.3 is 10.2 Å². The van der Waals surface area contributed by atoms with Crippen LogP contribution >= 0.6 is 0 Å². The van der Waals surface area contributed by atoms with Crippen molar-refractivity contribution < 1.29 is 9.18 Å². The third-order valence-corrected chi connectivity index (χ3v) is 7.37. The molecule has 4 nitrogen and oxygen atoms in total. The van der Waals surface area contributed by atoms with E-state index in [4.69, 9.17) is 0 Å². The van der Waals surface area contributed by atoms with Gasteiger partial charge in [0.1, 0.15) is 5.83 Å². The molecule has 188 valence electrons. The van der Waals surface area contributed by atoms with E-state index in [0.29, 0.717) is 5.92 Å². The Balaban J connectivity index is 1.97. The number of benzene rings is 1. The van der Waals surface area contributed by atoms with E-state index >= 15 is 0 Å². The fraction of sp³-hybridized carbons (Fsp3) is 0.467. The smallest absolute Gasteiger partial charge is 0.237 e. The van der Waals surface area contributed by atoms with Crippen LogP contribution in [-0.2, 0) is 10.2 Å². The maximum Gasteiger partial charge on any atom is 0.237 e. The third-order valence-electron chi connectivity index (χ3n) is 7.37. The van der Waals surface area contributed by atoms with Crippen molar-refractivity contribution in [3.8, 4) is 0 Å². The van der Waals surface area contributed by atoms with E-state index in [1.54, 1.807) is 0 Å². The molecule has 0 radical (unpaired) electrons. The van der Waals surface area contributed by atoms with Crippen LogP contribution in [0.3, 0.4) is 0 Å². The number of anilines is 1. The maximum absolute atomic E-state index is 13.4. The minimum absolute atomic E-state index is 0.190. The van der Waals surface area contributed by atoms with Gasteiger partial charge in [-0.2, -0.15) is 0 Å². The largest absolute Gasteiger partial charge is 0.363 e. The molecule has 1 aliphatic carbocycles. The molecule has 1 N–H and O–H groups in total. The van der Waals surface area contributed by atoms with Crippen LogP contribution in [-0.4, -0.2) is 18.2 Å². The number of hydrogen-bond acceptors (Lipinski definition) is 3. The molecule has 0 saturated heterocycles. The molecule has 1 amide bonds. The van der Waals surface area contributed by atoms with Gasteiger partial charge in [-0.15, -0.1) is 0 Å². The lowest BCUT2D eigenvalue weighted by molar-refractivity contribution is -0.123. The third kappa shape index (κ3) is 5.50. The molecule has 1 aliphatic heterocycles. The van der Waals surface area contributed by atoms with Gasteiger partial charge in [-0.25, -0.2) is 4.39 Å². The topological polar surface area (TPSA) is 44.7 Å². The van der Waals surface area contributed by atoms with Crippen LogP contribution in [0.5, 0.6) is 0 Å². The number of carbonyl (C=O) groups excluding carboxylic acids is 1. The first kappa shape index (κ1) is 26.7. The van der Waals surface area contributed by atoms with Crippen molar-refractivity contribution in [1.82, 2.24) is 5.32 Å². The van der Waals surface area contributed by atoms with Gasteiger partial charge in [0.25, 0.3) is 0 Å². The Morgan fingerprint density at radius 1 is 1.26 bits per heavy atom. The van der Waals surface area contributed by atoms with E-state index in [-0.39, 0.29) is 17.8 Å². The number of fused-ring (bicyclic) bond motifs is 1. The Morgan fingerprint density at radius 2 is 1.94 bits per heavy atom. The number of aliphatic imine (C=N–C) groups is 1.